The fourth-order valence-electron chi connectivity index (χ4n) is 1.73. The second-order valence-corrected chi connectivity index (χ2v) is 4.95. The van der Waals surface area contributed by atoms with Crippen molar-refractivity contribution in [2.75, 3.05) is 5.73 Å². The molecule has 2 rings (SSSR count). The number of hydrogen-bond donors (Lipinski definition) is 1. The second kappa shape index (κ2) is 6.18. The van der Waals surface area contributed by atoms with Gasteiger partial charge in [-0.2, -0.15) is 5.10 Å². The van der Waals surface area contributed by atoms with Crippen LogP contribution in [-0.2, 0) is 17.9 Å². The minimum absolute atomic E-state index is 0.107. The lowest BCUT2D eigenvalue weighted by molar-refractivity contribution is 0.0456. The number of aromatic nitrogens is 3. The third-order valence-corrected chi connectivity index (χ3v) is 2.71. The number of nitrogens with zero attached hydrogens (tertiary/aromatic N) is 3. The molecule has 0 fully saturated rings. The maximum absolute atomic E-state index is 11.9. The van der Waals surface area contributed by atoms with E-state index in [1.54, 1.807) is 28.9 Å². The molecule has 0 aliphatic carbocycles. The Morgan fingerprint density at radius 3 is 2.70 bits per heavy atom. The van der Waals surface area contributed by atoms with Crippen molar-refractivity contribution in [1.29, 1.82) is 0 Å². The molecule has 6 heteroatoms. The predicted octanol–water partition coefficient (Wildman–Crippen LogP) is 1.87. The molecule has 0 bridgehead atoms. The molecule has 20 heavy (non-hydrogen) atoms. The highest BCUT2D eigenvalue weighted by molar-refractivity contribution is 5.89. The Kier molecular flexibility index (Phi) is 4.34. The monoisotopic (exact) mass is 274 g/mol. The van der Waals surface area contributed by atoms with E-state index in [-0.39, 0.29) is 6.61 Å². The number of benzene rings is 1. The van der Waals surface area contributed by atoms with Crippen LogP contribution in [0.25, 0.3) is 0 Å². The number of carbonyl (C=O) groups excluding carboxylic acids is 1. The van der Waals surface area contributed by atoms with E-state index >= 15 is 0 Å². The van der Waals surface area contributed by atoms with Gasteiger partial charge in [0.2, 0.25) is 0 Å². The number of hydrogen-bond acceptors (Lipinski definition) is 5. The Bertz CT molecular complexity index is 575. The Hall–Kier alpha value is -2.37. The third kappa shape index (κ3) is 3.57. The summed E-state index contributed by atoms with van der Waals surface area (Å²) in [6.45, 7) is 5.03. The first-order chi connectivity index (χ1) is 9.56. The molecule has 0 spiro atoms. The molecule has 0 aliphatic rings. The molecule has 1 aromatic carbocycles. The fourth-order valence-corrected chi connectivity index (χ4v) is 1.73. The quantitative estimate of drug-likeness (QED) is 0.664. The zero-order valence-corrected chi connectivity index (χ0v) is 11.6. The SMILES string of the molecule is CC(C)Cn1ncnc1COC(=O)c1ccc(N)cc1. The zero-order valence-electron chi connectivity index (χ0n) is 11.6. The molecule has 6 nitrogen and oxygen atoms in total. The molecular weight excluding hydrogens is 256 g/mol. The summed E-state index contributed by atoms with van der Waals surface area (Å²) in [7, 11) is 0. The van der Waals surface area contributed by atoms with E-state index < -0.39 is 5.97 Å². The van der Waals surface area contributed by atoms with E-state index in [0.717, 1.165) is 6.54 Å². The summed E-state index contributed by atoms with van der Waals surface area (Å²) < 4.78 is 6.98. The van der Waals surface area contributed by atoms with Gasteiger partial charge in [0.05, 0.1) is 5.56 Å². The van der Waals surface area contributed by atoms with Crippen molar-refractivity contribution in [3.05, 3.63) is 42.0 Å². The molecule has 0 saturated heterocycles. The Morgan fingerprint density at radius 1 is 1.35 bits per heavy atom. The molecule has 1 aromatic heterocycles. The average molecular weight is 274 g/mol. The number of carbonyl (C=O) groups is 1. The van der Waals surface area contributed by atoms with Crippen LogP contribution >= 0.6 is 0 Å². The van der Waals surface area contributed by atoms with Gasteiger partial charge in [-0.25, -0.2) is 14.5 Å². The average Bonchev–Trinajstić information content (AvgIpc) is 2.83. The van der Waals surface area contributed by atoms with Gasteiger partial charge in [-0.1, -0.05) is 13.8 Å². The molecule has 2 aromatic rings. The summed E-state index contributed by atoms with van der Waals surface area (Å²) in [5.74, 6) is 0.690. The van der Waals surface area contributed by atoms with Gasteiger partial charge in [-0.05, 0) is 30.2 Å². The van der Waals surface area contributed by atoms with Gasteiger partial charge < -0.3 is 10.5 Å². The first kappa shape index (κ1) is 14.0. The van der Waals surface area contributed by atoms with Crippen LogP contribution in [0, 0.1) is 5.92 Å². The van der Waals surface area contributed by atoms with Crippen molar-refractivity contribution in [1.82, 2.24) is 14.8 Å². The van der Waals surface area contributed by atoms with E-state index in [4.69, 9.17) is 10.5 Å². The minimum Gasteiger partial charge on any atom is -0.454 e. The maximum Gasteiger partial charge on any atom is 0.338 e. The van der Waals surface area contributed by atoms with Crippen molar-refractivity contribution >= 4 is 11.7 Å². The van der Waals surface area contributed by atoms with E-state index in [2.05, 4.69) is 23.9 Å². The Labute approximate surface area is 117 Å². The number of nitrogen functional groups attached to an aromatic ring is 1. The van der Waals surface area contributed by atoms with Crippen LogP contribution in [0.1, 0.15) is 30.0 Å². The highest BCUT2D eigenvalue weighted by atomic mass is 16.5. The van der Waals surface area contributed by atoms with Crippen LogP contribution in [0.3, 0.4) is 0 Å². The molecule has 1 heterocycles. The first-order valence-corrected chi connectivity index (χ1v) is 6.45. The van der Waals surface area contributed by atoms with Gasteiger partial charge in [0.1, 0.15) is 6.33 Å². The number of ether oxygens (including phenoxy) is 1. The van der Waals surface area contributed by atoms with E-state index in [9.17, 15) is 4.79 Å². The smallest absolute Gasteiger partial charge is 0.338 e. The topological polar surface area (TPSA) is 83.0 Å². The van der Waals surface area contributed by atoms with Crippen LogP contribution in [-0.4, -0.2) is 20.7 Å². The van der Waals surface area contributed by atoms with Crippen molar-refractivity contribution in [2.24, 2.45) is 5.92 Å². The molecule has 0 saturated carbocycles. The van der Waals surface area contributed by atoms with E-state index in [1.807, 2.05) is 0 Å². The summed E-state index contributed by atoms with van der Waals surface area (Å²) in [5.41, 5.74) is 6.65. The van der Waals surface area contributed by atoms with Crippen LogP contribution in [0.5, 0.6) is 0 Å². The molecule has 2 N–H and O–H groups in total. The molecule has 0 radical (unpaired) electrons. The Morgan fingerprint density at radius 2 is 2.05 bits per heavy atom. The third-order valence-electron chi connectivity index (χ3n) is 2.71. The lowest BCUT2D eigenvalue weighted by Crippen LogP contribution is -2.13. The standard InChI is InChI=1S/C14H18N4O2/c1-10(2)7-18-13(16-9-17-18)8-20-14(19)11-3-5-12(15)6-4-11/h3-6,9-10H,7-8,15H2,1-2H3. The number of rotatable bonds is 5. The normalized spacial score (nSPS) is 10.8. The van der Waals surface area contributed by atoms with Gasteiger partial charge in [-0.3, -0.25) is 0 Å². The van der Waals surface area contributed by atoms with Gasteiger partial charge in [-0.15, -0.1) is 0 Å². The summed E-state index contributed by atoms with van der Waals surface area (Å²) in [6.07, 6.45) is 1.47. The number of anilines is 1. The van der Waals surface area contributed by atoms with Crippen molar-refractivity contribution in [3.63, 3.8) is 0 Å². The van der Waals surface area contributed by atoms with Gasteiger partial charge in [0.25, 0.3) is 0 Å². The molecular formula is C14H18N4O2. The minimum atomic E-state index is -0.399. The summed E-state index contributed by atoms with van der Waals surface area (Å²) in [4.78, 5) is 16.0. The lowest BCUT2D eigenvalue weighted by Gasteiger charge is -2.09. The van der Waals surface area contributed by atoms with Gasteiger partial charge >= 0.3 is 5.97 Å². The van der Waals surface area contributed by atoms with E-state index in [1.165, 1.54) is 6.33 Å². The van der Waals surface area contributed by atoms with Crippen LogP contribution < -0.4 is 5.73 Å². The lowest BCUT2D eigenvalue weighted by atomic mass is 10.2. The number of esters is 1. The largest absolute Gasteiger partial charge is 0.454 e. The molecule has 0 unspecified atom stereocenters. The van der Waals surface area contributed by atoms with Crippen molar-refractivity contribution < 1.29 is 9.53 Å². The van der Waals surface area contributed by atoms with E-state index in [0.29, 0.717) is 23.0 Å². The van der Waals surface area contributed by atoms with Crippen molar-refractivity contribution in [2.45, 2.75) is 27.0 Å². The molecule has 0 atom stereocenters. The van der Waals surface area contributed by atoms with Crippen LogP contribution in [0.15, 0.2) is 30.6 Å². The van der Waals surface area contributed by atoms with Crippen LogP contribution in [0.2, 0.25) is 0 Å². The predicted molar refractivity (Wildman–Crippen MR) is 74.8 cm³/mol. The summed E-state index contributed by atoms with van der Waals surface area (Å²) in [5, 5.41) is 4.12. The molecule has 0 amide bonds. The summed E-state index contributed by atoms with van der Waals surface area (Å²) >= 11 is 0. The highest BCUT2D eigenvalue weighted by Gasteiger charge is 2.11. The first-order valence-electron chi connectivity index (χ1n) is 6.45. The van der Waals surface area contributed by atoms with Gasteiger partial charge in [0, 0.05) is 12.2 Å². The fraction of sp³-hybridized carbons (Fsp3) is 0.357. The van der Waals surface area contributed by atoms with Crippen molar-refractivity contribution in [3.8, 4) is 0 Å². The van der Waals surface area contributed by atoms with Gasteiger partial charge in [0.15, 0.2) is 12.4 Å². The van der Waals surface area contributed by atoms with Crippen LogP contribution in [0.4, 0.5) is 5.69 Å². The Balaban J connectivity index is 1.96. The zero-order chi connectivity index (χ0) is 14.5. The second-order valence-electron chi connectivity index (χ2n) is 4.95. The summed E-state index contributed by atoms with van der Waals surface area (Å²) in [6, 6.07) is 6.60. The number of nitrogens with two attached hydrogens (primary N) is 1. The molecule has 0 aliphatic heterocycles. The molecule has 106 valence electrons. The maximum atomic E-state index is 11.9. The highest BCUT2D eigenvalue weighted by Crippen LogP contribution is 2.09.